The number of pyridine rings is 1. The minimum absolute atomic E-state index is 0.117. The summed E-state index contributed by atoms with van der Waals surface area (Å²) < 4.78 is 21.9. The van der Waals surface area contributed by atoms with E-state index in [9.17, 15) is 9.18 Å². The molecule has 0 bridgehead atoms. The fourth-order valence-corrected chi connectivity index (χ4v) is 3.42. The Balaban J connectivity index is 1.89. The molecule has 4 aromatic rings. The molecule has 0 saturated carbocycles. The van der Waals surface area contributed by atoms with E-state index in [1.165, 1.54) is 12.1 Å². The van der Waals surface area contributed by atoms with E-state index in [4.69, 9.17) is 4.52 Å². The van der Waals surface area contributed by atoms with Gasteiger partial charge < -0.3 is 9.09 Å². The summed E-state index contributed by atoms with van der Waals surface area (Å²) in [6.45, 7) is 2.72. The minimum Gasteiger partial charge on any atom is -0.346 e. The highest BCUT2D eigenvalue weighted by molar-refractivity contribution is 9.10. The van der Waals surface area contributed by atoms with Crippen molar-refractivity contribution >= 4 is 26.8 Å². The number of aryl methyl sites for hydroxylation is 1. The second-order valence-electron chi connectivity index (χ2n) is 6.16. The molecule has 27 heavy (non-hydrogen) atoms. The zero-order valence-electron chi connectivity index (χ0n) is 14.4. The van der Waals surface area contributed by atoms with Crippen molar-refractivity contribution in [3.63, 3.8) is 0 Å². The fraction of sp³-hybridized carbons (Fsp3) is 0.150. The molecule has 7 heteroatoms. The van der Waals surface area contributed by atoms with Crippen LogP contribution in [0.1, 0.15) is 13.3 Å². The van der Waals surface area contributed by atoms with Gasteiger partial charge in [0.2, 0.25) is 11.3 Å². The summed E-state index contributed by atoms with van der Waals surface area (Å²) in [4.78, 5) is 17.3. The number of rotatable bonds is 4. The first kappa shape index (κ1) is 17.6. The largest absolute Gasteiger partial charge is 0.346 e. The van der Waals surface area contributed by atoms with Crippen LogP contribution in [0.3, 0.4) is 0 Å². The molecule has 0 N–H and O–H groups in total. The smallest absolute Gasteiger partial charge is 0.263 e. The van der Waals surface area contributed by atoms with Gasteiger partial charge in [-0.25, -0.2) is 4.39 Å². The van der Waals surface area contributed by atoms with E-state index < -0.39 is 5.82 Å². The van der Waals surface area contributed by atoms with Gasteiger partial charge in [-0.2, -0.15) is 4.98 Å². The lowest BCUT2D eigenvalue weighted by molar-refractivity contribution is 0.431. The summed E-state index contributed by atoms with van der Waals surface area (Å²) >= 11 is 3.41. The van der Waals surface area contributed by atoms with Crippen molar-refractivity contribution < 1.29 is 8.91 Å². The molecule has 2 heterocycles. The average Bonchev–Trinajstić information content (AvgIpc) is 3.14. The fourth-order valence-electron chi connectivity index (χ4n) is 3.03. The molecule has 0 spiro atoms. The van der Waals surface area contributed by atoms with Gasteiger partial charge in [-0.1, -0.05) is 40.1 Å². The van der Waals surface area contributed by atoms with Crippen LogP contribution in [-0.2, 0) is 6.54 Å². The number of aromatic nitrogens is 3. The first-order valence-corrected chi connectivity index (χ1v) is 9.29. The van der Waals surface area contributed by atoms with E-state index in [1.54, 1.807) is 12.3 Å². The van der Waals surface area contributed by atoms with Crippen molar-refractivity contribution in [3.05, 3.63) is 69.2 Å². The Morgan fingerprint density at radius 3 is 2.85 bits per heavy atom. The van der Waals surface area contributed by atoms with Crippen LogP contribution in [0.4, 0.5) is 4.39 Å². The first-order valence-electron chi connectivity index (χ1n) is 8.49. The number of halogens is 2. The summed E-state index contributed by atoms with van der Waals surface area (Å²) in [5.74, 6) is 0.0400. The molecule has 0 radical (unpaired) electrons. The van der Waals surface area contributed by atoms with Gasteiger partial charge in [0.15, 0.2) is 0 Å². The third-order valence-electron chi connectivity index (χ3n) is 4.25. The number of nitrogens with zero attached hydrogens (tertiary/aromatic N) is 3. The molecule has 0 aliphatic heterocycles. The predicted molar refractivity (Wildman–Crippen MR) is 105 cm³/mol. The zero-order chi connectivity index (χ0) is 19.0. The van der Waals surface area contributed by atoms with Crippen LogP contribution in [0, 0.1) is 5.82 Å². The van der Waals surface area contributed by atoms with Crippen molar-refractivity contribution in [1.29, 1.82) is 0 Å². The molecule has 0 amide bonds. The van der Waals surface area contributed by atoms with Gasteiger partial charge in [0.1, 0.15) is 11.4 Å². The highest BCUT2D eigenvalue weighted by Gasteiger charge is 2.17. The molecule has 0 unspecified atom stereocenters. The monoisotopic (exact) mass is 427 g/mol. The van der Waals surface area contributed by atoms with Crippen molar-refractivity contribution in [1.82, 2.24) is 14.7 Å². The summed E-state index contributed by atoms with van der Waals surface area (Å²) in [6.07, 6.45) is 2.56. The minimum atomic E-state index is -0.458. The third-order valence-corrected chi connectivity index (χ3v) is 4.74. The maximum Gasteiger partial charge on any atom is 0.263 e. The number of hydrogen-bond donors (Lipinski definition) is 0. The number of hydrogen-bond acceptors (Lipinski definition) is 4. The number of benzene rings is 2. The number of fused-ring (bicyclic) bond motifs is 1. The highest BCUT2D eigenvalue weighted by Crippen LogP contribution is 2.24. The van der Waals surface area contributed by atoms with E-state index in [-0.39, 0.29) is 16.9 Å². The van der Waals surface area contributed by atoms with Crippen molar-refractivity contribution in [2.75, 3.05) is 0 Å². The summed E-state index contributed by atoms with van der Waals surface area (Å²) in [6, 6.07) is 11.7. The van der Waals surface area contributed by atoms with Gasteiger partial charge in [0, 0.05) is 28.2 Å². The van der Waals surface area contributed by atoms with Crippen LogP contribution < -0.4 is 5.43 Å². The zero-order valence-corrected chi connectivity index (χ0v) is 16.0. The quantitative estimate of drug-likeness (QED) is 0.458. The molecule has 2 aromatic heterocycles. The average molecular weight is 428 g/mol. The van der Waals surface area contributed by atoms with Gasteiger partial charge in [-0.3, -0.25) is 4.79 Å². The second kappa shape index (κ2) is 7.08. The van der Waals surface area contributed by atoms with Gasteiger partial charge in [-0.15, -0.1) is 0 Å². The first-order chi connectivity index (χ1) is 13.1. The van der Waals surface area contributed by atoms with Crippen LogP contribution in [0.2, 0.25) is 0 Å². The van der Waals surface area contributed by atoms with Crippen LogP contribution in [-0.4, -0.2) is 14.7 Å². The molecular formula is C20H15BrFN3O2. The molecule has 4 rings (SSSR count). The topological polar surface area (TPSA) is 60.9 Å². The van der Waals surface area contributed by atoms with E-state index in [0.717, 1.165) is 16.5 Å². The molecular weight excluding hydrogens is 413 g/mol. The van der Waals surface area contributed by atoms with Gasteiger partial charge in [0.05, 0.1) is 5.52 Å². The van der Waals surface area contributed by atoms with Gasteiger partial charge >= 0.3 is 0 Å². The standard InChI is InChI=1S/C20H15BrFN3O2/c1-2-8-25-11-16(18(26)15-10-14(22)6-7-17(15)25)20-23-19(24-27-20)12-4-3-5-13(21)9-12/h3-7,9-11H,2,8H2,1H3. The maximum absolute atomic E-state index is 13.7. The molecule has 0 saturated heterocycles. The summed E-state index contributed by atoms with van der Waals surface area (Å²) in [7, 11) is 0. The normalized spacial score (nSPS) is 11.2. The molecule has 0 atom stereocenters. The second-order valence-corrected chi connectivity index (χ2v) is 7.08. The summed E-state index contributed by atoms with van der Waals surface area (Å²) in [5.41, 5.74) is 1.37. The van der Waals surface area contributed by atoms with Crippen LogP contribution in [0.25, 0.3) is 33.7 Å². The highest BCUT2D eigenvalue weighted by atomic mass is 79.9. The molecule has 2 aromatic carbocycles. The third kappa shape index (κ3) is 3.30. The Morgan fingerprint density at radius 1 is 1.22 bits per heavy atom. The molecule has 0 fully saturated rings. The van der Waals surface area contributed by atoms with E-state index in [2.05, 4.69) is 26.1 Å². The van der Waals surface area contributed by atoms with Crippen LogP contribution in [0.5, 0.6) is 0 Å². The Kier molecular flexibility index (Phi) is 4.61. The van der Waals surface area contributed by atoms with Crippen molar-refractivity contribution in [3.8, 4) is 22.8 Å². The Bertz CT molecular complexity index is 1200. The maximum atomic E-state index is 13.7. The SMILES string of the molecule is CCCn1cc(-c2nc(-c3cccc(Br)c3)no2)c(=O)c2cc(F)ccc21. The lowest BCUT2D eigenvalue weighted by Crippen LogP contribution is -2.12. The van der Waals surface area contributed by atoms with E-state index in [1.807, 2.05) is 35.8 Å². The Morgan fingerprint density at radius 2 is 2.07 bits per heavy atom. The van der Waals surface area contributed by atoms with E-state index in [0.29, 0.717) is 23.3 Å². The van der Waals surface area contributed by atoms with Crippen molar-refractivity contribution in [2.24, 2.45) is 0 Å². The van der Waals surface area contributed by atoms with E-state index >= 15 is 0 Å². The summed E-state index contributed by atoms with van der Waals surface area (Å²) in [5, 5.41) is 4.28. The Labute approximate surface area is 162 Å². The molecule has 0 aliphatic rings. The van der Waals surface area contributed by atoms with Gasteiger partial charge in [-0.05, 0) is 36.8 Å². The molecule has 136 valence electrons. The lowest BCUT2D eigenvalue weighted by atomic mass is 10.1. The van der Waals surface area contributed by atoms with Crippen molar-refractivity contribution in [2.45, 2.75) is 19.9 Å². The Hall–Kier alpha value is -2.80. The molecule has 5 nitrogen and oxygen atoms in total. The predicted octanol–water partition coefficient (Wildman–Crippen LogP) is 5.03. The van der Waals surface area contributed by atoms with Crippen LogP contribution >= 0.6 is 15.9 Å². The van der Waals surface area contributed by atoms with Crippen LogP contribution in [0.15, 0.2) is 62.5 Å². The van der Waals surface area contributed by atoms with Gasteiger partial charge in [0.25, 0.3) is 5.89 Å². The molecule has 0 aliphatic carbocycles. The lowest BCUT2D eigenvalue weighted by Gasteiger charge is -2.11.